The second-order valence-electron chi connectivity index (χ2n) is 3.50. The van der Waals surface area contributed by atoms with Crippen molar-refractivity contribution in [3.05, 3.63) is 42.5 Å². The van der Waals surface area contributed by atoms with Crippen LogP contribution < -0.4 is 4.72 Å². The molecule has 0 unspecified atom stereocenters. The van der Waals surface area contributed by atoms with E-state index >= 15 is 0 Å². The Morgan fingerprint density at radius 1 is 1.17 bits per heavy atom. The smallest absolute Gasteiger partial charge is 0.275 e. The lowest BCUT2D eigenvalue weighted by Gasteiger charge is -2.12. The molecule has 0 aromatic heterocycles. The van der Waals surface area contributed by atoms with Gasteiger partial charge in [0.2, 0.25) is 0 Å². The summed E-state index contributed by atoms with van der Waals surface area (Å²) >= 11 is 0. The number of halogens is 3. The molecule has 0 saturated heterocycles. The minimum Gasteiger partial charge on any atom is -0.275 e. The Morgan fingerprint density at radius 2 is 1.89 bits per heavy atom. The summed E-state index contributed by atoms with van der Waals surface area (Å²) in [4.78, 5) is 0. The van der Waals surface area contributed by atoms with Crippen LogP contribution in [0.25, 0.3) is 10.8 Å². The van der Waals surface area contributed by atoms with Crippen molar-refractivity contribution >= 4 is 26.5 Å². The molecule has 1 radical (unpaired) electrons. The van der Waals surface area contributed by atoms with Crippen molar-refractivity contribution in [2.45, 2.75) is 5.51 Å². The van der Waals surface area contributed by atoms with Crippen LogP contribution in [-0.4, -0.2) is 13.9 Å². The molecule has 1 N–H and O–H groups in total. The molecule has 2 aromatic rings. The van der Waals surface area contributed by atoms with Gasteiger partial charge in [0.05, 0.1) is 5.69 Å². The van der Waals surface area contributed by atoms with Crippen LogP contribution in [0.4, 0.5) is 18.9 Å². The second kappa shape index (κ2) is 4.16. The van der Waals surface area contributed by atoms with Crippen molar-refractivity contribution in [2.75, 3.05) is 4.72 Å². The molecule has 0 aliphatic heterocycles. The molecule has 2 rings (SSSR count). The van der Waals surface area contributed by atoms with Crippen LogP contribution in [0.15, 0.2) is 36.4 Å². The third-order valence-corrected chi connectivity index (χ3v) is 3.37. The van der Waals surface area contributed by atoms with Gasteiger partial charge in [-0.15, -0.1) is 0 Å². The van der Waals surface area contributed by atoms with Crippen molar-refractivity contribution in [2.24, 2.45) is 0 Å². The Hall–Kier alpha value is -1.76. The Balaban J connectivity index is 2.51. The lowest BCUT2D eigenvalue weighted by molar-refractivity contribution is -0.0429. The number of hydrogen-bond donors (Lipinski definition) is 1. The van der Waals surface area contributed by atoms with Gasteiger partial charge in [-0.3, -0.25) is 4.72 Å². The zero-order valence-corrected chi connectivity index (χ0v) is 9.64. The average molecular weight is 274 g/mol. The zero-order valence-electron chi connectivity index (χ0n) is 8.82. The van der Waals surface area contributed by atoms with Crippen LogP contribution in [0.2, 0.25) is 0 Å². The van der Waals surface area contributed by atoms with E-state index in [0.29, 0.717) is 10.8 Å². The standard InChI is InChI=1S/C11H7F3NO2S/c12-11(13,14)18(16,17)15-10-7-3-5-8-4-1-2-6-9(8)10/h2-7,15H. The summed E-state index contributed by atoms with van der Waals surface area (Å²) in [5.41, 5.74) is -5.45. The number of nitrogens with one attached hydrogen (secondary N) is 1. The molecule has 2 aromatic carbocycles. The third kappa shape index (κ3) is 2.26. The van der Waals surface area contributed by atoms with E-state index in [2.05, 4.69) is 6.07 Å². The Bertz CT molecular complexity index is 675. The second-order valence-corrected chi connectivity index (χ2v) is 5.18. The molecule has 0 bridgehead atoms. The number of rotatable bonds is 2. The van der Waals surface area contributed by atoms with Crippen LogP contribution in [-0.2, 0) is 10.0 Å². The van der Waals surface area contributed by atoms with Crippen molar-refractivity contribution in [3.63, 3.8) is 0 Å². The molecule has 7 heteroatoms. The number of anilines is 1. The number of alkyl halides is 3. The first-order valence-corrected chi connectivity index (χ1v) is 6.27. The number of fused-ring (bicyclic) bond motifs is 1. The number of hydrogen-bond acceptors (Lipinski definition) is 2. The topological polar surface area (TPSA) is 46.2 Å². The summed E-state index contributed by atoms with van der Waals surface area (Å²) in [6, 6.07) is 11.7. The molecule has 3 nitrogen and oxygen atoms in total. The minimum atomic E-state index is -5.40. The quantitative estimate of drug-likeness (QED) is 0.915. The molecule has 0 heterocycles. The van der Waals surface area contributed by atoms with Crippen molar-refractivity contribution in [1.82, 2.24) is 0 Å². The summed E-state index contributed by atoms with van der Waals surface area (Å²) in [7, 11) is -5.40. The summed E-state index contributed by atoms with van der Waals surface area (Å²) in [6.45, 7) is 0. The van der Waals surface area contributed by atoms with Crippen molar-refractivity contribution < 1.29 is 21.6 Å². The Kier molecular flexibility index (Phi) is 2.94. The highest BCUT2D eigenvalue weighted by molar-refractivity contribution is 7.93. The fourth-order valence-electron chi connectivity index (χ4n) is 1.46. The van der Waals surface area contributed by atoms with Gasteiger partial charge in [-0.2, -0.15) is 21.6 Å². The highest BCUT2D eigenvalue weighted by Gasteiger charge is 2.46. The maximum absolute atomic E-state index is 12.3. The van der Waals surface area contributed by atoms with Gasteiger partial charge >= 0.3 is 15.5 Å². The molecule has 0 saturated carbocycles. The SMILES string of the molecule is O=S(=O)(Nc1cccc2c[c]ccc12)C(F)(F)F. The van der Waals surface area contributed by atoms with Gasteiger partial charge in [0.15, 0.2) is 0 Å². The fraction of sp³-hybridized carbons (Fsp3) is 0.0909. The minimum absolute atomic E-state index is 0.112. The third-order valence-electron chi connectivity index (χ3n) is 2.27. The van der Waals surface area contributed by atoms with Crippen molar-refractivity contribution in [3.8, 4) is 0 Å². The van der Waals surface area contributed by atoms with E-state index in [1.165, 1.54) is 29.0 Å². The van der Waals surface area contributed by atoms with Crippen molar-refractivity contribution in [1.29, 1.82) is 0 Å². The van der Waals surface area contributed by atoms with Gasteiger partial charge in [0.25, 0.3) is 0 Å². The summed E-state index contributed by atoms with van der Waals surface area (Å²) < 4.78 is 60.4. The maximum atomic E-state index is 12.3. The van der Waals surface area contributed by atoms with Gasteiger partial charge in [0, 0.05) is 5.39 Å². The Labute approximate surface area is 101 Å². The van der Waals surface area contributed by atoms with Gasteiger partial charge in [-0.05, 0) is 23.6 Å². The molecular weight excluding hydrogens is 267 g/mol. The summed E-state index contributed by atoms with van der Waals surface area (Å²) in [5.74, 6) is 0. The first kappa shape index (κ1) is 12.7. The van der Waals surface area contributed by atoms with E-state index < -0.39 is 15.5 Å². The zero-order chi connectivity index (χ0) is 13.4. The van der Waals surface area contributed by atoms with E-state index in [1.54, 1.807) is 12.1 Å². The molecule has 0 amide bonds. The average Bonchev–Trinajstić information content (AvgIpc) is 2.27. The largest absolute Gasteiger partial charge is 0.516 e. The number of benzene rings is 2. The molecule has 18 heavy (non-hydrogen) atoms. The summed E-state index contributed by atoms with van der Waals surface area (Å²) in [5, 5.41) is 0.976. The lowest BCUT2D eigenvalue weighted by atomic mass is 10.1. The number of sulfonamides is 1. The van der Waals surface area contributed by atoms with Gasteiger partial charge in [-0.1, -0.05) is 24.3 Å². The first-order valence-electron chi connectivity index (χ1n) is 4.79. The van der Waals surface area contributed by atoms with Crippen LogP contribution in [0.5, 0.6) is 0 Å². The first-order chi connectivity index (χ1) is 8.31. The highest BCUT2D eigenvalue weighted by Crippen LogP contribution is 2.29. The fourth-order valence-corrected chi connectivity index (χ4v) is 2.04. The molecule has 0 aliphatic rings. The molecule has 0 fully saturated rings. The van der Waals surface area contributed by atoms with E-state index in [0.717, 1.165) is 0 Å². The Morgan fingerprint density at radius 3 is 2.56 bits per heavy atom. The van der Waals surface area contributed by atoms with Crippen LogP contribution >= 0.6 is 0 Å². The van der Waals surface area contributed by atoms with E-state index in [-0.39, 0.29) is 5.69 Å². The highest BCUT2D eigenvalue weighted by atomic mass is 32.2. The molecular formula is C11H7F3NO2S. The molecule has 0 aliphatic carbocycles. The molecule has 0 atom stereocenters. The van der Waals surface area contributed by atoms with Gasteiger partial charge in [0.1, 0.15) is 0 Å². The van der Waals surface area contributed by atoms with E-state index in [4.69, 9.17) is 0 Å². The van der Waals surface area contributed by atoms with Gasteiger partial charge < -0.3 is 0 Å². The molecule has 0 spiro atoms. The van der Waals surface area contributed by atoms with E-state index in [1.807, 2.05) is 0 Å². The van der Waals surface area contributed by atoms with Gasteiger partial charge in [-0.25, -0.2) is 0 Å². The predicted octanol–water partition coefficient (Wildman–Crippen LogP) is 2.90. The predicted molar refractivity (Wildman–Crippen MR) is 61.4 cm³/mol. The monoisotopic (exact) mass is 274 g/mol. The molecule has 95 valence electrons. The van der Waals surface area contributed by atoms with Crippen LogP contribution in [0.1, 0.15) is 0 Å². The normalized spacial score (nSPS) is 12.6. The van der Waals surface area contributed by atoms with E-state index in [9.17, 15) is 21.6 Å². The summed E-state index contributed by atoms with van der Waals surface area (Å²) in [6.07, 6.45) is 0. The van der Waals surface area contributed by atoms with Crippen LogP contribution in [0, 0.1) is 6.07 Å². The lowest BCUT2D eigenvalue weighted by Crippen LogP contribution is -2.29. The van der Waals surface area contributed by atoms with Crippen LogP contribution in [0.3, 0.4) is 0 Å². The maximum Gasteiger partial charge on any atom is 0.516 e.